The molecule has 1 fully saturated rings. The second-order valence-electron chi connectivity index (χ2n) is 7.91. The van der Waals surface area contributed by atoms with Gasteiger partial charge in [0.1, 0.15) is 17.6 Å². The number of aromatic amines is 1. The molecule has 4 nitrogen and oxygen atoms in total. The highest BCUT2D eigenvalue weighted by molar-refractivity contribution is 6.03. The smallest absolute Gasteiger partial charge is 0.355 e. The van der Waals surface area contributed by atoms with Crippen molar-refractivity contribution in [2.24, 2.45) is 5.92 Å². The van der Waals surface area contributed by atoms with Gasteiger partial charge in [-0.1, -0.05) is 19.1 Å². The first kappa shape index (κ1) is 18.0. The summed E-state index contributed by atoms with van der Waals surface area (Å²) in [6.45, 7) is 3.91. The van der Waals surface area contributed by atoms with E-state index in [0.29, 0.717) is 35.6 Å². The van der Waals surface area contributed by atoms with Gasteiger partial charge in [0, 0.05) is 17.7 Å². The molecule has 1 N–H and O–H groups in total. The second kappa shape index (κ2) is 6.95. The fraction of sp³-hybridized carbons (Fsp3) is 0.455. The molecule has 27 heavy (non-hydrogen) atoms. The number of carbonyl (C=O) groups is 2. The zero-order valence-electron chi connectivity index (χ0n) is 15.7. The number of carbonyl (C=O) groups excluding carboxylic acids is 2. The Kier molecular flexibility index (Phi) is 4.62. The third-order valence-electron chi connectivity index (χ3n) is 6.08. The minimum Gasteiger partial charge on any atom is -0.457 e. The van der Waals surface area contributed by atoms with E-state index < -0.39 is 0 Å². The molecule has 0 amide bonds. The lowest BCUT2D eigenvalue weighted by Gasteiger charge is -2.22. The number of ketones is 1. The molecule has 1 aromatic heterocycles. The maximum atomic E-state index is 13.2. The van der Waals surface area contributed by atoms with Crippen LogP contribution in [-0.4, -0.2) is 22.8 Å². The van der Waals surface area contributed by atoms with E-state index >= 15 is 0 Å². The van der Waals surface area contributed by atoms with Gasteiger partial charge in [-0.05, 0) is 67.7 Å². The van der Waals surface area contributed by atoms with Crippen LogP contribution in [0.2, 0.25) is 0 Å². The number of aromatic nitrogens is 1. The molecule has 0 radical (unpaired) electrons. The van der Waals surface area contributed by atoms with Gasteiger partial charge in [0.05, 0.1) is 0 Å². The second-order valence-corrected chi connectivity index (χ2v) is 7.91. The van der Waals surface area contributed by atoms with Gasteiger partial charge in [-0.3, -0.25) is 4.79 Å². The number of nitrogens with one attached hydrogen (secondary N) is 1. The van der Waals surface area contributed by atoms with E-state index in [2.05, 4.69) is 11.9 Å². The number of Topliss-reactive ketones (excluding diaryl/α,β-unsaturated/α-hetero) is 1. The van der Waals surface area contributed by atoms with Gasteiger partial charge in [0.25, 0.3) is 0 Å². The first-order valence-corrected chi connectivity index (χ1v) is 9.65. The molecule has 3 atom stereocenters. The SMILES string of the molecule is Cc1c(C(=O)O[C@H]2CCC[C@H]2C)[nH]c2c1C(=O)C[C@@H](c1ccc(F)cc1)C2. The number of hydrogen-bond donors (Lipinski definition) is 1. The summed E-state index contributed by atoms with van der Waals surface area (Å²) in [6.07, 6.45) is 4.01. The molecule has 2 aromatic rings. The molecule has 0 aliphatic heterocycles. The summed E-state index contributed by atoms with van der Waals surface area (Å²) in [7, 11) is 0. The fourth-order valence-electron chi connectivity index (χ4n) is 4.49. The lowest BCUT2D eigenvalue weighted by Crippen LogP contribution is -2.21. The van der Waals surface area contributed by atoms with E-state index in [-0.39, 0.29) is 29.6 Å². The third-order valence-corrected chi connectivity index (χ3v) is 6.08. The summed E-state index contributed by atoms with van der Waals surface area (Å²) in [4.78, 5) is 28.6. The number of hydrogen-bond acceptors (Lipinski definition) is 3. The summed E-state index contributed by atoms with van der Waals surface area (Å²) < 4.78 is 18.9. The Balaban J connectivity index is 1.58. The van der Waals surface area contributed by atoms with Crippen LogP contribution in [0.25, 0.3) is 0 Å². The van der Waals surface area contributed by atoms with Gasteiger partial charge >= 0.3 is 5.97 Å². The van der Waals surface area contributed by atoms with Gasteiger partial charge in [-0.25, -0.2) is 9.18 Å². The van der Waals surface area contributed by atoms with Gasteiger partial charge in [-0.2, -0.15) is 0 Å². The van der Waals surface area contributed by atoms with Crippen molar-refractivity contribution in [3.8, 4) is 0 Å². The van der Waals surface area contributed by atoms with Gasteiger partial charge in [0.2, 0.25) is 0 Å². The molecule has 4 rings (SSSR count). The van der Waals surface area contributed by atoms with Crippen molar-refractivity contribution in [3.63, 3.8) is 0 Å². The predicted molar refractivity (Wildman–Crippen MR) is 99.5 cm³/mol. The first-order valence-electron chi connectivity index (χ1n) is 9.65. The fourth-order valence-corrected chi connectivity index (χ4v) is 4.49. The minimum absolute atomic E-state index is 0.0117. The third kappa shape index (κ3) is 3.31. The number of ether oxygens (including phenoxy) is 1. The zero-order chi connectivity index (χ0) is 19.1. The van der Waals surface area contributed by atoms with E-state index in [1.54, 1.807) is 19.1 Å². The first-order chi connectivity index (χ1) is 12.9. The standard InChI is InChI=1S/C22H24FNO3/c1-12-4-3-5-19(12)27-22(26)21-13(2)20-17(24-21)10-15(11-18(20)25)14-6-8-16(23)9-7-14/h6-9,12,15,19,24H,3-5,10-11H2,1-2H3/t12-,15+,19+/m1/s1. The molecule has 0 bridgehead atoms. The summed E-state index contributed by atoms with van der Waals surface area (Å²) in [5.41, 5.74) is 3.42. The number of esters is 1. The Morgan fingerprint density at radius 1 is 1.19 bits per heavy atom. The summed E-state index contributed by atoms with van der Waals surface area (Å²) in [5, 5.41) is 0. The van der Waals surface area contributed by atoms with Crippen LogP contribution < -0.4 is 0 Å². The van der Waals surface area contributed by atoms with Crippen LogP contribution in [0.15, 0.2) is 24.3 Å². The summed E-state index contributed by atoms with van der Waals surface area (Å²) in [5.74, 6) is -0.270. The van der Waals surface area contributed by atoms with Crippen LogP contribution in [0.5, 0.6) is 0 Å². The number of fused-ring (bicyclic) bond motifs is 1. The molecule has 2 aliphatic carbocycles. The van der Waals surface area contributed by atoms with Crippen LogP contribution in [-0.2, 0) is 11.2 Å². The van der Waals surface area contributed by atoms with Crippen LogP contribution in [0, 0.1) is 18.7 Å². The molecular formula is C22H24FNO3. The van der Waals surface area contributed by atoms with Crippen LogP contribution in [0.3, 0.4) is 0 Å². The molecule has 1 heterocycles. The van der Waals surface area contributed by atoms with Crippen LogP contribution in [0.4, 0.5) is 4.39 Å². The summed E-state index contributed by atoms with van der Waals surface area (Å²) in [6, 6.07) is 6.29. The topological polar surface area (TPSA) is 59.2 Å². The molecule has 0 spiro atoms. The van der Waals surface area contributed by atoms with Crippen molar-refractivity contribution >= 4 is 11.8 Å². The van der Waals surface area contributed by atoms with Crippen LogP contribution in [0.1, 0.15) is 76.2 Å². The van der Waals surface area contributed by atoms with Crippen molar-refractivity contribution in [2.45, 2.75) is 58.0 Å². The van der Waals surface area contributed by atoms with E-state index in [4.69, 9.17) is 4.74 Å². The average Bonchev–Trinajstić information content (AvgIpc) is 3.19. The zero-order valence-corrected chi connectivity index (χ0v) is 15.7. The number of rotatable bonds is 3. The molecular weight excluding hydrogens is 345 g/mol. The Bertz CT molecular complexity index is 884. The molecule has 1 saturated carbocycles. The lowest BCUT2D eigenvalue weighted by molar-refractivity contribution is 0.0219. The molecule has 5 heteroatoms. The predicted octanol–water partition coefficient (Wildman–Crippen LogP) is 4.72. The van der Waals surface area contributed by atoms with Crippen molar-refractivity contribution in [1.82, 2.24) is 4.98 Å². The van der Waals surface area contributed by atoms with E-state index in [0.717, 1.165) is 30.5 Å². The normalized spacial score (nSPS) is 24.7. The van der Waals surface area contributed by atoms with Crippen molar-refractivity contribution < 1.29 is 18.7 Å². The largest absolute Gasteiger partial charge is 0.457 e. The monoisotopic (exact) mass is 369 g/mol. The highest BCUT2D eigenvalue weighted by Crippen LogP contribution is 2.36. The quantitative estimate of drug-likeness (QED) is 0.797. The van der Waals surface area contributed by atoms with Crippen molar-refractivity contribution in [3.05, 3.63) is 58.2 Å². The molecule has 0 unspecified atom stereocenters. The minimum atomic E-state index is -0.369. The van der Waals surface area contributed by atoms with Gasteiger partial charge < -0.3 is 9.72 Å². The molecule has 0 saturated heterocycles. The Labute approximate surface area is 158 Å². The van der Waals surface area contributed by atoms with Crippen molar-refractivity contribution in [2.75, 3.05) is 0 Å². The average molecular weight is 369 g/mol. The number of halogens is 1. The molecule has 2 aliphatic rings. The van der Waals surface area contributed by atoms with E-state index in [1.807, 2.05) is 0 Å². The van der Waals surface area contributed by atoms with Crippen molar-refractivity contribution in [1.29, 1.82) is 0 Å². The Morgan fingerprint density at radius 2 is 1.93 bits per heavy atom. The Morgan fingerprint density at radius 3 is 2.59 bits per heavy atom. The molecule has 1 aromatic carbocycles. The van der Waals surface area contributed by atoms with Gasteiger partial charge in [-0.15, -0.1) is 0 Å². The van der Waals surface area contributed by atoms with E-state index in [9.17, 15) is 14.0 Å². The number of benzene rings is 1. The van der Waals surface area contributed by atoms with E-state index in [1.165, 1.54) is 12.1 Å². The Hall–Kier alpha value is -2.43. The number of H-pyrrole nitrogens is 1. The molecule has 142 valence electrons. The highest BCUT2D eigenvalue weighted by Gasteiger charge is 2.34. The maximum Gasteiger partial charge on any atom is 0.355 e. The summed E-state index contributed by atoms with van der Waals surface area (Å²) >= 11 is 0. The van der Waals surface area contributed by atoms with Crippen LogP contribution >= 0.6 is 0 Å². The van der Waals surface area contributed by atoms with Gasteiger partial charge in [0.15, 0.2) is 5.78 Å². The lowest BCUT2D eigenvalue weighted by atomic mass is 9.81. The highest BCUT2D eigenvalue weighted by atomic mass is 19.1. The maximum absolute atomic E-state index is 13.2.